The van der Waals surface area contributed by atoms with Crippen LogP contribution in [0.3, 0.4) is 0 Å². The Bertz CT molecular complexity index is 588. The van der Waals surface area contributed by atoms with Crippen molar-refractivity contribution in [2.24, 2.45) is 0 Å². The molecule has 5 nitrogen and oxygen atoms in total. The monoisotopic (exact) mass is 395 g/mol. The van der Waals surface area contributed by atoms with Crippen LogP contribution in [0.25, 0.3) is 0 Å². The molecule has 2 rings (SSSR count). The molecule has 1 N–H and O–H groups in total. The highest BCUT2D eigenvalue weighted by atomic mass is 35.5. The van der Waals surface area contributed by atoms with Crippen LogP contribution in [-0.2, 0) is 16.0 Å². The number of hydrogen-bond acceptors (Lipinski definition) is 3. The summed E-state index contributed by atoms with van der Waals surface area (Å²) in [5, 5.41) is 3.40. The Morgan fingerprint density at radius 2 is 1.78 bits per heavy atom. The van der Waals surface area contributed by atoms with Crippen LogP contribution in [0.5, 0.6) is 0 Å². The molecule has 2 amide bonds. The highest BCUT2D eigenvalue weighted by Crippen LogP contribution is 2.24. The highest BCUT2D eigenvalue weighted by molar-refractivity contribution is 5.85. The molecule has 0 saturated carbocycles. The van der Waals surface area contributed by atoms with Gasteiger partial charge in [-0.1, -0.05) is 31.2 Å². The molecule has 1 fully saturated rings. The van der Waals surface area contributed by atoms with Crippen molar-refractivity contribution in [3.63, 3.8) is 0 Å². The number of aryl methyl sites for hydroxylation is 1. The fourth-order valence-electron chi connectivity index (χ4n) is 3.54. The Balaban J connectivity index is 0.00000364. The lowest BCUT2D eigenvalue weighted by Gasteiger charge is -2.37. The Morgan fingerprint density at radius 1 is 1.11 bits per heavy atom. The third-order valence-corrected chi connectivity index (χ3v) is 5.23. The summed E-state index contributed by atoms with van der Waals surface area (Å²) < 4.78 is 0. The molecule has 1 aromatic carbocycles. The third-order valence-electron chi connectivity index (χ3n) is 5.23. The minimum Gasteiger partial charge on any atom is -0.343 e. The molecule has 1 atom stereocenters. The summed E-state index contributed by atoms with van der Waals surface area (Å²) in [5.74, 6) is 0.304. The molecule has 0 bridgehead atoms. The van der Waals surface area contributed by atoms with E-state index in [4.69, 9.17) is 0 Å². The highest BCUT2D eigenvalue weighted by Gasteiger charge is 2.27. The van der Waals surface area contributed by atoms with E-state index in [0.717, 1.165) is 39.1 Å². The van der Waals surface area contributed by atoms with Crippen molar-refractivity contribution in [1.82, 2.24) is 15.1 Å². The zero-order valence-corrected chi connectivity index (χ0v) is 17.7. The molecule has 1 heterocycles. The van der Waals surface area contributed by atoms with Gasteiger partial charge in [0.05, 0.1) is 6.04 Å². The van der Waals surface area contributed by atoms with Gasteiger partial charge in [-0.3, -0.25) is 9.59 Å². The third kappa shape index (κ3) is 6.51. The van der Waals surface area contributed by atoms with Crippen LogP contribution in [0, 0.1) is 0 Å². The number of benzene rings is 1. The standard InChI is InChI=1S/C21H33N3O2.ClH/c1-4-17-10-12-18(13-11-17)19-16-22-14-15-24(19)21(26)9-7-8-20(25)23(5-2)6-3;/h10-13,19,22H,4-9,14-16H2,1-3H3;1H. The number of nitrogens with one attached hydrogen (secondary N) is 1. The Morgan fingerprint density at radius 3 is 2.37 bits per heavy atom. The predicted octanol–water partition coefficient (Wildman–Crippen LogP) is 3.18. The van der Waals surface area contributed by atoms with Crippen LogP contribution < -0.4 is 5.32 Å². The van der Waals surface area contributed by atoms with E-state index in [1.165, 1.54) is 11.1 Å². The first-order chi connectivity index (χ1) is 12.6. The van der Waals surface area contributed by atoms with Gasteiger partial charge in [-0.25, -0.2) is 0 Å². The first-order valence-electron chi connectivity index (χ1n) is 9.97. The molecular formula is C21H34ClN3O2. The average Bonchev–Trinajstić information content (AvgIpc) is 2.69. The Hall–Kier alpha value is -1.59. The second-order valence-electron chi connectivity index (χ2n) is 6.82. The van der Waals surface area contributed by atoms with Gasteiger partial charge in [0.15, 0.2) is 0 Å². The van der Waals surface area contributed by atoms with E-state index in [1.807, 2.05) is 23.6 Å². The lowest BCUT2D eigenvalue weighted by atomic mass is 10.00. The summed E-state index contributed by atoms with van der Waals surface area (Å²) in [6.07, 6.45) is 2.54. The van der Waals surface area contributed by atoms with Crippen molar-refractivity contribution in [3.05, 3.63) is 35.4 Å². The topological polar surface area (TPSA) is 52.7 Å². The fourth-order valence-corrected chi connectivity index (χ4v) is 3.54. The number of amides is 2. The van der Waals surface area contributed by atoms with Gasteiger partial charge in [-0.2, -0.15) is 0 Å². The van der Waals surface area contributed by atoms with Gasteiger partial charge >= 0.3 is 0 Å². The number of carbonyl (C=O) groups excluding carboxylic acids is 2. The van der Waals surface area contributed by atoms with E-state index in [1.54, 1.807) is 0 Å². The van der Waals surface area contributed by atoms with Crippen molar-refractivity contribution in [2.45, 2.75) is 52.5 Å². The number of piperazine rings is 1. The van der Waals surface area contributed by atoms with Gasteiger partial charge in [0.2, 0.25) is 11.8 Å². The van der Waals surface area contributed by atoms with Crippen molar-refractivity contribution < 1.29 is 9.59 Å². The number of hydrogen-bond donors (Lipinski definition) is 1. The molecule has 1 unspecified atom stereocenters. The van der Waals surface area contributed by atoms with Crippen molar-refractivity contribution in [1.29, 1.82) is 0 Å². The number of rotatable bonds is 8. The molecule has 27 heavy (non-hydrogen) atoms. The lowest BCUT2D eigenvalue weighted by molar-refractivity contribution is -0.135. The summed E-state index contributed by atoms with van der Waals surface area (Å²) in [6.45, 7) is 9.93. The molecule has 1 aliphatic heterocycles. The van der Waals surface area contributed by atoms with Crippen LogP contribution in [0.4, 0.5) is 0 Å². The quantitative estimate of drug-likeness (QED) is 0.735. The van der Waals surface area contributed by atoms with E-state index in [0.29, 0.717) is 19.3 Å². The van der Waals surface area contributed by atoms with Crippen LogP contribution in [0.2, 0.25) is 0 Å². The van der Waals surface area contributed by atoms with Gasteiger partial charge in [0.25, 0.3) is 0 Å². The van der Waals surface area contributed by atoms with Crippen LogP contribution in [0.1, 0.15) is 57.2 Å². The van der Waals surface area contributed by atoms with E-state index in [9.17, 15) is 9.59 Å². The summed E-state index contributed by atoms with van der Waals surface area (Å²) in [6, 6.07) is 8.66. The minimum absolute atomic E-state index is 0. The largest absolute Gasteiger partial charge is 0.343 e. The predicted molar refractivity (Wildman–Crippen MR) is 112 cm³/mol. The van der Waals surface area contributed by atoms with Gasteiger partial charge < -0.3 is 15.1 Å². The van der Waals surface area contributed by atoms with Crippen molar-refractivity contribution in [2.75, 3.05) is 32.7 Å². The first kappa shape index (κ1) is 23.4. The maximum Gasteiger partial charge on any atom is 0.223 e. The van der Waals surface area contributed by atoms with Crippen LogP contribution in [-0.4, -0.2) is 54.3 Å². The molecule has 1 aromatic rings. The smallest absolute Gasteiger partial charge is 0.223 e. The van der Waals surface area contributed by atoms with Gasteiger partial charge in [0.1, 0.15) is 0 Å². The second-order valence-corrected chi connectivity index (χ2v) is 6.82. The molecule has 6 heteroatoms. The second kappa shape index (κ2) is 12.0. The summed E-state index contributed by atoms with van der Waals surface area (Å²) in [4.78, 5) is 28.7. The summed E-state index contributed by atoms with van der Waals surface area (Å²) >= 11 is 0. The Kier molecular flexibility index (Phi) is 10.4. The zero-order chi connectivity index (χ0) is 18.9. The molecule has 0 radical (unpaired) electrons. The Labute approximate surface area is 169 Å². The molecule has 152 valence electrons. The lowest BCUT2D eigenvalue weighted by Crippen LogP contribution is -2.48. The van der Waals surface area contributed by atoms with Crippen molar-refractivity contribution in [3.8, 4) is 0 Å². The van der Waals surface area contributed by atoms with E-state index < -0.39 is 0 Å². The van der Waals surface area contributed by atoms with Gasteiger partial charge in [-0.05, 0) is 37.8 Å². The minimum atomic E-state index is 0. The summed E-state index contributed by atoms with van der Waals surface area (Å²) in [5.41, 5.74) is 2.49. The van der Waals surface area contributed by atoms with E-state index >= 15 is 0 Å². The number of halogens is 1. The van der Waals surface area contributed by atoms with Crippen molar-refractivity contribution >= 4 is 24.2 Å². The molecule has 0 aromatic heterocycles. The molecular weight excluding hydrogens is 362 g/mol. The fraction of sp³-hybridized carbons (Fsp3) is 0.619. The number of carbonyl (C=O) groups is 2. The zero-order valence-electron chi connectivity index (χ0n) is 16.9. The van der Waals surface area contributed by atoms with Gasteiger partial charge in [-0.15, -0.1) is 12.4 Å². The molecule has 1 aliphatic rings. The maximum atomic E-state index is 12.8. The maximum absolute atomic E-state index is 12.8. The van der Waals surface area contributed by atoms with Crippen LogP contribution in [0.15, 0.2) is 24.3 Å². The molecule has 1 saturated heterocycles. The average molecular weight is 396 g/mol. The molecule has 0 aliphatic carbocycles. The van der Waals surface area contributed by atoms with Gasteiger partial charge in [0, 0.05) is 45.6 Å². The SMILES string of the molecule is CCc1ccc(C2CNCCN2C(=O)CCCC(=O)N(CC)CC)cc1.Cl. The van der Waals surface area contributed by atoms with E-state index in [2.05, 4.69) is 36.5 Å². The van der Waals surface area contributed by atoms with E-state index in [-0.39, 0.29) is 30.3 Å². The molecule has 0 spiro atoms. The van der Waals surface area contributed by atoms with Crippen LogP contribution >= 0.6 is 12.4 Å². The normalized spacial score (nSPS) is 16.6. The number of nitrogens with zero attached hydrogens (tertiary/aromatic N) is 2. The first-order valence-corrected chi connectivity index (χ1v) is 9.97. The summed E-state index contributed by atoms with van der Waals surface area (Å²) in [7, 11) is 0.